The van der Waals surface area contributed by atoms with E-state index in [0.29, 0.717) is 15.7 Å². The molecule has 0 bridgehead atoms. The number of carbonyl (C=O) groups is 2. The summed E-state index contributed by atoms with van der Waals surface area (Å²) in [4.78, 5) is 21.9. The van der Waals surface area contributed by atoms with Gasteiger partial charge in [-0.05, 0) is 18.2 Å². The number of benzene rings is 1. The van der Waals surface area contributed by atoms with Gasteiger partial charge in [0.1, 0.15) is 0 Å². The van der Waals surface area contributed by atoms with Gasteiger partial charge in [0.2, 0.25) is 5.91 Å². The summed E-state index contributed by atoms with van der Waals surface area (Å²) in [6.07, 6.45) is -0.444. The first kappa shape index (κ1) is 13.8. The lowest BCUT2D eigenvalue weighted by Gasteiger charge is -2.10. The summed E-state index contributed by atoms with van der Waals surface area (Å²) >= 11 is 11.5. The molecule has 1 atom stereocenters. The molecule has 1 unspecified atom stereocenters. The van der Waals surface area contributed by atoms with Crippen LogP contribution in [0.1, 0.15) is 6.42 Å². The van der Waals surface area contributed by atoms with Crippen LogP contribution in [0, 0.1) is 0 Å². The summed E-state index contributed by atoms with van der Waals surface area (Å²) < 4.78 is 0. The smallest absolute Gasteiger partial charge is 0.305 e. The molecule has 0 saturated heterocycles. The summed E-state index contributed by atoms with van der Waals surface area (Å²) in [6, 6.07) is 3.36. The minimum Gasteiger partial charge on any atom is -0.481 e. The van der Waals surface area contributed by atoms with Crippen molar-refractivity contribution in [2.75, 3.05) is 5.32 Å². The summed E-state index contributed by atoms with van der Waals surface area (Å²) in [5.41, 5.74) is 5.75. The van der Waals surface area contributed by atoms with Crippen LogP contribution in [0.3, 0.4) is 0 Å². The Morgan fingerprint density at radius 2 is 1.82 bits per heavy atom. The lowest BCUT2D eigenvalue weighted by molar-refractivity contribution is -0.138. The van der Waals surface area contributed by atoms with Crippen molar-refractivity contribution < 1.29 is 14.7 Å². The zero-order valence-corrected chi connectivity index (χ0v) is 10.1. The summed E-state index contributed by atoms with van der Waals surface area (Å²) in [7, 11) is 0. The Hall–Kier alpha value is -1.30. The molecule has 0 aliphatic carbocycles. The van der Waals surface area contributed by atoms with Gasteiger partial charge in [-0.15, -0.1) is 0 Å². The molecule has 0 aliphatic rings. The number of carboxylic acids is 1. The molecule has 1 rings (SSSR count). The van der Waals surface area contributed by atoms with Crippen LogP contribution in [0.4, 0.5) is 5.69 Å². The second-order valence-corrected chi connectivity index (χ2v) is 4.22. The predicted molar refractivity (Wildman–Crippen MR) is 65.3 cm³/mol. The minimum atomic E-state index is -1.14. The van der Waals surface area contributed by atoms with E-state index in [0.717, 1.165) is 0 Å². The van der Waals surface area contributed by atoms with Crippen LogP contribution in [-0.4, -0.2) is 23.0 Å². The highest BCUT2D eigenvalue weighted by Crippen LogP contribution is 2.22. The summed E-state index contributed by atoms with van der Waals surface area (Å²) in [5.74, 6) is -1.75. The Morgan fingerprint density at radius 3 is 2.29 bits per heavy atom. The molecule has 0 radical (unpaired) electrons. The van der Waals surface area contributed by atoms with Gasteiger partial charge in [-0.25, -0.2) is 0 Å². The quantitative estimate of drug-likeness (QED) is 0.781. The molecule has 0 fully saturated rings. The van der Waals surface area contributed by atoms with Crippen molar-refractivity contribution >= 4 is 40.8 Å². The maximum atomic E-state index is 11.5. The zero-order valence-electron chi connectivity index (χ0n) is 8.61. The lowest BCUT2D eigenvalue weighted by Crippen LogP contribution is -2.37. The number of nitrogens with one attached hydrogen (secondary N) is 1. The SMILES string of the molecule is NC(CC(=O)O)C(=O)Nc1cc(Cl)cc(Cl)c1. The van der Waals surface area contributed by atoms with Gasteiger partial charge in [-0.2, -0.15) is 0 Å². The van der Waals surface area contributed by atoms with Crippen LogP contribution in [0.2, 0.25) is 10.0 Å². The average molecular weight is 277 g/mol. The van der Waals surface area contributed by atoms with Crippen LogP contribution >= 0.6 is 23.2 Å². The number of carbonyl (C=O) groups excluding carboxylic acids is 1. The Bertz CT molecular complexity index is 431. The zero-order chi connectivity index (χ0) is 13.0. The first-order valence-electron chi connectivity index (χ1n) is 4.63. The number of rotatable bonds is 4. The molecule has 0 heterocycles. The lowest BCUT2D eigenvalue weighted by atomic mass is 10.2. The molecule has 17 heavy (non-hydrogen) atoms. The number of hydrogen-bond donors (Lipinski definition) is 3. The molecule has 1 amide bonds. The monoisotopic (exact) mass is 276 g/mol. The van der Waals surface area contributed by atoms with E-state index in [1.165, 1.54) is 18.2 Å². The van der Waals surface area contributed by atoms with Crippen LogP contribution in [0.5, 0.6) is 0 Å². The largest absolute Gasteiger partial charge is 0.481 e. The fourth-order valence-corrected chi connectivity index (χ4v) is 1.67. The van der Waals surface area contributed by atoms with Crippen molar-refractivity contribution in [1.82, 2.24) is 0 Å². The van der Waals surface area contributed by atoms with Gasteiger partial charge in [-0.3, -0.25) is 9.59 Å². The second-order valence-electron chi connectivity index (χ2n) is 3.35. The van der Waals surface area contributed by atoms with Crippen molar-refractivity contribution in [1.29, 1.82) is 0 Å². The number of halogens is 2. The second kappa shape index (κ2) is 5.86. The highest BCUT2D eigenvalue weighted by Gasteiger charge is 2.17. The van der Waals surface area contributed by atoms with Gasteiger partial charge < -0.3 is 16.2 Å². The number of anilines is 1. The van der Waals surface area contributed by atoms with E-state index in [1.54, 1.807) is 0 Å². The summed E-state index contributed by atoms with van der Waals surface area (Å²) in [6.45, 7) is 0. The topological polar surface area (TPSA) is 92.4 Å². The first-order chi connectivity index (χ1) is 7.88. The maximum absolute atomic E-state index is 11.5. The fourth-order valence-electron chi connectivity index (χ4n) is 1.14. The molecular weight excluding hydrogens is 267 g/mol. The minimum absolute atomic E-state index is 0.361. The van der Waals surface area contributed by atoms with E-state index in [4.69, 9.17) is 34.0 Å². The van der Waals surface area contributed by atoms with Crippen molar-refractivity contribution in [3.05, 3.63) is 28.2 Å². The van der Waals surface area contributed by atoms with Crippen molar-refractivity contribution in [2.24, 2.45) is 5.73 Å². The Balaban J connectivity index is 2.70. The van der Waals surface area contributed by atoms with Crippen LogP contribution in [0.15, 0.2) is 18.2 Å². The van der Waals surface area contributed by atoms with E-state index >= 15 is 0 Å². The third kappa shape index (κ3) is 4.60. The highest BCUT2D eigenvalue weighted by molar-refractivity contribution is 6.35. The summed E-state index contributed by atoms with van der Waals surface area (Å²) in [5, 5.41) is 11.6. The van der Waals surface area contributed by atoms with Crippen LogP contribution in [0.25, 0.3) is 0 Å². The normalized spacial score (nSPS) is 11.9. The number of nitrogens with two attached hydrogens (primary N) is 1. The van der Waals surface area contributed by atoms with Crippen molar-refractivity contribution in [2.45, 2.75) is 12.5 Å². The van der Waals surface area contributed by atoms with Crippen LogP contribution < -0.4 is 11.1 Å². The van der Waals surface area contributed by atoms with Crippen molar-refractivity contribution in [3.63, 3.8) is 0 Å². The molecule has 5 nitrogen and oxygen atoms in total. The first-order valence-corrected chi connectivity index (χ1v) is 5.38. The molecule has 0 saturated carbocycles. The predicted octanol–water partition coefficient (Wildman–Crippen LogP) is 1.73. The molecule has 0 spiro atoms. The Morgan fingerprint density at radius 1 is 1.29 bits per heavy atom. The number of aliphatic carboxylic acids is 1. The van der Waals surface area contributed by atoms with E-state index in [9.17, 15) is 9.59 Å². The fraction of sp³-hybridized carbons (Fsp3) is 0.200. The number of carboxylic acid groups (broad SMARTS) is 1. The van der Waals surface area contributed by atoms with E-state index in [1.807, 2.05) is 0 Å². The van der Waals surface area contributed by atoms with Gasteiger partial charge in [0, 0.05) is 15.7 Å². The van der Waals surface area contributed by atoms with Gasteiger partial charge in [0.15, 0.2) is 0 Å². The van der Waals surface area contributed by atoms with E-state index < -0.39 is 24.3 Å². The Labute approximate surface area is 108 Å². The number of hydrogen-bond acceptors (Lipinski definition) is 3. The standard InChI is InChI=1S/C10H10Cl2N2O3/c11-5-1-6(12)3-7(2-5)14-10(17)8(13)4-9(15)16/h1-3,8H,4,13H2,(H,14,17)(H,15,16). The third-order valence-corrected chi connectivity index (χ3v) is 2.30. The molecular formula is C10H10Cl2N2O3. The molecule has 0 aromatic heterocycles. The van der Waals surface area contributed by atoms with E-state index in [-0.39, 0.29) is 0 Å². The molecule has 92 valence electrons. The van der Waals surface area contributed by atoms with Crippen LogP contribution in [-0.2, 0) is 9.59 Å². The average Bonchev–Trinajstić information content (AvgIpc) is 2.14. The highest BCUT2D eigenvalue weighted by atomic mass is 35.5. The molecule has 0 aliphatic heterocycles. The molecule has 7 heteroatoms. The van der Waals surface area contributed by atoms with E-state index in [2.05, 4.69) is 5.32 Å². The van der Waals surface area contributed by atoms with Gasteiger partial charge in [-0.1, -0.05) is 23.2 Å². The number of amides is 1. The molecule has 1 aromatic carbocycles. The van der Waals surface area contributed by atoms with Gasteiger partial charge >= 0.3 is 5.97 Å². The van der Waals surface area contributed by atoms with Gasteiger partial charge in [0.05, 0.1) is 12.5 Å². The Kier molecular flexibility index (Phi) is 4.74. The molecule has 1 aromatic rings. The molecule has 4 N–H and O–H groups in total. The van der Waals surface area contributed by atoms with Gasteiger partial charge in [0.25, 0.3) is 0 Å². The maximum Gasteiger partial charge on any atom is 0.305 e. The van der Waals surface area contributed by atoms with Crippen molar-refractivity contribution in [3.8, 4) is 0 Å². The third-order valence-electron chi connectivity index (χ3n) is 1.86.